The van der Waals surface area contributed by atoms with Gasteiger partial charge in [0.15, 0.2) is 0 Å². The van der Waals surface area contributed by atoms with Crippen molar-refractivity contribution in [2.24, 2.45) is 5.73 Å². The number of benzene rings is 2. The van der Waals surface area contributed by atoms with Crippen LogP contribution < -0.4 is 16.4 Å². The molecular formula is C21H24N4O3. The molecule has 1 saturated heterocycles. The Balaban J connectivity index is 1.72. The first-order chi connectivity index (χ1) is 13.4. The van der Waals surface area contributed by atoms with Crippen LogP contribution in [0, 0.1) is 0 Å². The number of imide groups is 1. The number of nitrogens with one attached hydrogen (secondary N) is 2. The highest BCUT2D eigenvalue weighted by molar-refractivity contribution is 6.07. The Kier molecular flexibility index (Phi) is 5.75. The van der Waals surface area contributed by atoms with Crippen LogP contribution in [0.25, 0.3) is 0 Å². The summed E-state index contributed by atoms with van der Waals surface area (Å²) in [6.07, 6.45) is 0.745. The first-order valence-electron chi connectivity index (χ1n) is 9.21. The SMILES string of the molecule is CC1(c2ccc(C(=O)N(CCN)CCc3ccccc3)cc2)NC(=O)NC1=O. The van der Waals surface area contributed by atoms with Gasteiger partial charge >= 0.3 is 6.03 Å². The molecule has 2 aromatic carbocycles. The van der Waals surface area contributed by atoms with Gasteiger partial charge in [-0.1, -0.05) is 42.5 Å². The number of nitrogens with two attached hydrogens (primary N) is 1. The lowest BCUT2D eigenvalue weighted by Gasteiger charge is -2.24. The number of urea groups is 1. The van der Waals surface area contributed by atoms with Gasteiger partial charge < -0.3 is 16.0 Å². The van der Waals surface area contributed by atoms with Crippen molar-refractivity contribution in [3.8, 4) is 0 Å². The molecule has 2 aromatic rings. The van der Waals surface area contributed by atoms with Crippen molar-refractivity contribution in [2.75, 3.05) is 19.6 Å². The minimum absolute atomic E-state index is 0.113. The summed E-state index contributed by atoms with van der Waals surface area (Å²) in [5.74, 6) is -0.526. The molecule has 0 saturated carbocycles. The van der Waals surface area contributed by atoms with Gasteiger partial charge in [-0.05, 0) is 36.6 Å². The Morgan fingerprint density at radius 2 is 1.71 bits per heavy atom. The fourth-order valence-corrected chi connectivity index (χ4v) is 3.25. The Morgan fingerprint density at radius 1 is 1.04 bits per heavy atom. The average Bonchev–Trinajstić information content (AvgIpc) is 2.98. The van der Waals surface area contributed by atoms with Crippen LogP contribution in [0.3, 0.4) is 0 Å². The molecule has 4 N–H and O–H groups in total. The topological polar surface area (TPSA) is 105 Å². The Bertz CT molecular complexity index is 867. The Morgan fingerprint density at radius 3 is 2.29 bits per heavy atom. The van der Waals surface area contributed by atoms with Crippen LogP contribution in [0.4, 0.5) is 4.79 Å². The van der Waals surface area contributed by atoms with E-state index in [-0.39, 0.29) is 5.91 Å². The summed E-state index contributed by atoms with van der Waals surface area (Å²) in [7, 11) is 0. The first kappa shape index (κ1) is 19.6. The van der Waals surface area contributed by atoms with Crippen molar-refractivity contribution >= 4 is 17.8 Å². The van der Waals surface area contributed by atoms with Gasteiger partial charge in [0.2, 0.25) is 0 Å². The van der Waals surface area contributed by atoms with E-state index in [1.807, 2.05) is 30.3 Å². The van der Waals surface area contributed by atoms with Crippen LogP contribution in [0.15, 0.2) is 54.6 Å². The summed E-state index contributed by atoms with van der Waals surface area (Å²) in [6, 6.07) is 16.2. The summed E-state index contributed by atoms with van der Waals surface area (Å²) in [5, 5.41) is 4.85. The molecule has 1 unspecified atom stereocenters. The largest absolute Gasteiger partial charge is 0.337 e. The molecule has 1 atom stereocenters. The third kappa shape index (κ3) is 4.04. The second-order valence-electron chi connectivity index (χ2n) is 6.93. The van der Waals surface area contributed by atoms with E-state index >= 15 is 0 Å². The molecule has 7 heteroatoms. The second-order valence-corrected chi connectivity index (χ2v) is 6.93. The molecule has 1 heterocycles. The monoisotopic (exact) mass is 380 g/mol. The molecule has 7 nitrogen and oxygen atoms in total. The number of carbonyl (C=O) groups excluding carboxylic acids is 3. The van der Waals surface area contributed by atoms with E-state index in [4.69, 9.17) is 5.73 Å². The Labute approximate surface area is 163 Å². The maximum atomic E-state index is 12.9. The minimum atomic E-state index is -1.14. The van der Waals surface area contributed by atoms with E-state index < -0.39 is 17.5 Å². The summed E-state index contributed by atoms with van der Waals surface area (Å²) in [6.45, 7) is 3.04. The highest BCUT2D eigenvalue weighted by atomic mass is 16.2. The van der Waals surface area contributed by atoms with Gasteiger partial charge in [0.1, 0.15) is 5.54 Å². The molecule has 28 heavy (non-hydrogen) atoms. The molecule has 0 bridgehead atoms. The predicted molar refractivity (Wildman–Crippen MR) is 106 cm³/mol. The highest BCUT2D eigenvalue weighted by Gasteiger charge is 2.43. The lowest BCUT2D eigenvalue weighted by atomic mass is 9.91. The van der Waals surface area contributed by atoms with Crippen LogP contribution in [0.2, 0.25) is 0 Å². The van der Waals surface area contributed by atoms with Gasteiger partial charge in [-0.25, -0.2) is 4.79 Å². The fourth-order valence-electron chi connectivity index (χ4n) is 3.25. The van der Waals surface area contributed by atoms with Gasteiger partial charge in [0, 0.05) is 25.2 Å². The van der Waals surface area contributed by atoms with Gasteiger partial charge in [-0.15, -0.1) is 0 Å². The second kappa shape index (κ2) is 8.22. The van der Waals surface area contributed by atoms with Gasteiger partial charge in [0.25, 0.3) is 11.8 Å². The maximum Gasteiger partial charge on any atom is 0.322 e. The third-order valence-corrected chi connectivity index (χ3v) is 4.95. The number of hydrogen-bond donors (Lipinski definition) is 3. The summed E-state index contributed by atoms with van der Waals surface area (Å²) < 4.78 is 0. The summed E-state index contributed by atoms with van der Waals surface area (Å²) in [4.78, 5) is 38.1. The molecule has 0 spiro atoms. The molecule has 1 aliphatic heterocycles. The number of amides is 4. The fraction of sp³-hybridized carbons (Fsp3) is 0.286. The number of nitrogens with zero attached hydrogens (tertiary/aromatic N) is 1. The average molecular weight is 380 g/mol. The molecule has 0 aliphatic carbocycles. The van der Waals surface area contributed by atoms with Gasteiger partial charge in [-0.3, -0.25) is 14.9 Å². The number of hydrogen-bond acceptors (Lipinski definition) is 4. The van der Waals surface area contributed by atoms with Crippen LogP contribution in [-0.4, -0.2) is 42.4 Å². The third-order valence-electron chi connectivity index (χ3n) is 4.95. The standard InChI is InChI=1S/C21H24N4O3/c1-21(19(27)23-20(28)24-21)17-9-7-16(8-10-17)18(26)25(14-12-22)13-11-15-5-3-2-4-6-15/h2-10H,11-14,22H2,1H3,(H2,23,24,27,28). The summed E-state index contributed by atoms with van der Waals surface area (Å²) in [5.41, 5.74) is 6.83. The molecule has 1 aliphatic rings. The van der Waals surface area contributed by atoms with Crippen molar-refractivity contribution < 1.29 is 14.4 Å². The zero-order valence-corrected chi connectivity index (χ0v) is 15.8. The molecule has 4 amide bonds. The molecule has 146 valence electrons. The molecule has 0 radical (unpaired) electrons. The van der Waals surface area contributed by atoms with Crippen molar-refractivity contribution in [1.82, 2.24) is 15.5 Å². The highest BCUT2D eigenvalue weighted by Crippen LogP contribution is 2.24. The number of carbonyl (C=O) groups is 3. The van der Waals surface area contributed by atoms with Crippen LogP contribution >= 0.6 is 0 Å². The minimum Gasteiger partial charge on any atom is -0.337 e. The smallest absolute Gasteiger partial charge is 0.322 e. The van der Waals surface area contributed by atoms with E-state index in [0.717, 1.165) is 12.0 Å². The Hall–Kier alpha value is -3.19. The van der Waals surface area contributed by atoms with E-state index in [1.54, 1.807) is 36.1 Å². The zero-order valence-electron chi connectivity index (χ0n) is 15.8. The molecule has 3 rings (SSSR count). The van der Waals surface area contributed by atoms with Crippen LogP contribution in [0.5, 0.6) is 0 Å². The van der Waals surface area contributed by atoms with Crippen molar-refractivity contribution in [3.63, 3.8) is 0 Å². The predicted octanol–water partition coefficient (Wildman–Crippen LogP) is 1.38. The number of rotatable bonds is 7. The first-order valence-corrected chi connectivity index (χ1v) is 9.21. The van der Waals surface area contributed by atoms with E-state index in [9.17, 15) is 14.4 Å². The van der Waals surface area contributed by atoms with E-state index in [1.165, 1.54) is 0 Å². The molecule has 0 aromatic heterocycles. The zero-order chi connectivity index (χ0) is 20.1. The molecule has 1 fully saturated rings. The van der Waals surface area contributed by atoms with Crippen LogP contribution in [-0.2, 0) is 16.8 Å². The van der Waals surface area contributed by atoms with Gasteiger partial charge in [-0.2, -0.15) is 0 Å². The van der Waals surface area contributed by atoms with E-state index in [2.05, 4.69) is 10.6 Å². The lowest BCUT2D eigenvalue weighted by molar-refractivity contribution is -0.123. The van der Waals surface area contributed by atoms with Crippen molar-refractivity contribution in [3.05, 3.63) is 71.3 Å². The normalized spacial score (nSPS) is 18.5. The van der Waals surface area contributed by atoms with Crippen LogP contribution in [0.1, 0.15) is 28.4 Å². The quantitative estimate of drug-likeness (QED) is 0.631. The van der Waals surface area contributed by atoms with Crippen molar-refractivity contribution in [1.29, 1.82) is 0 Å². The maximum absolute atomic E-state index is 12.9. The van der Waals surface area contributed by atoms with Crippen molar-refractivity contribution in [2.45, 2.75) is 18.9 Å². The van der Waals surface area contributed by atoms with Gasteiger partial charge in [0.05, 0.1) is 0 Å². The lowest BCUT2D eigenvalue weighted by Crippen LogP contribution is -2.40. The van der Waals surface area contributed by atoms with E-state index in [0.29, 0.717) is 30.8 Å². The summed E-state index contributed by atoms with van der Waals surface area (Å²) >= 11 is 0. The molecular weight excluding hydrogens is 356 g/mol.